The van der Waals surface area contributed by atoms with Gasteiger partial charge in [0.05, 0.1) is 0 Å². The maximum Gasteiger partial charge on any atom is 0.0203 e. The molecule has 0 spiro atoms. The van der Waals surface area contributed by atoms with Crippen molar-refractivity contribution in [3.05, 3.63) is 71.3 Å². The van der Waals surface area contributed by atoms with Gasteiger partial charge in [-0.05, 0) is 35.4 Å². The van der Waals surface area contributed by atoms with E-state index in [1.807, 2.05) is 0 Å². The van der Waals surface area contributed by atoms with Crippen LogP contribution in [0.2, 0.25) is 0 Å². The summed E-state index contributed by atoms with van der Waals surface area (Å²) in [5, 5.41) is 0. The first-order valence-electron chi connectivity index (χ1n) is 6.87. The molecule has 0 N–H and O–H groups in total. The molecule has 0 nitrogen and oxygen atoms in total. The molecular formula is C18H20. The van der Waals surface area contributed by atoms with Gasteiger partial charge in [0.15, 0.2) is 0 Å². The van der Waals surface area contributed by atoms with E-state index in [1.165, 1.54) is 29.5 Å². The minimum Gasteiger partial charge on any atom is -0.0622 e. The smallest absolute Gasteiger partial charge is 0.0203 e. The standard InChI is InChI=1S/C18H20/c1-14-12-13-15-8-6-7-11-17(15)18(14,2)16-9-4-3-5-10-16/h3-11,14H,12-13H2,1-2H3/t14-,18-/m1/s1. The SMILES string of the molecule is C[C@@H]1CCc2ccccc2[C@@]1(C)c1ccccc1. The van der Waals surface area contributed by atoms with Gasteiger partial charge in [-0.15, -0.1) is 0 Å². The second-order valence-corrected chi connectivity index (χ2v) is 5.67. The fourth-order valence-electron chi connectivity index (χ4n) is 3.40. The second-order valence-electron chi connectivity index (χ2n) is 5.67. The molecule has 92 valence electrons. The van der Waals surface area contributed by atoms with Gasteiger partial charge in [0, 0.05) is 5.41 Å². The lowest BCUT2D eigenvalue weighted by Gasteiger charge is -2.42. The topological polar surface area (TPSA) is 0 Å². The fraction of sp³-hybridized carbons (Fsp3) is 0.333. The van der Waals surface area contributed by atoms with Crippen molar-refractivity contribution in [3.63, 3.8) is 0 Å². The highest BCUT2D eigenvalue weighted by molar-refractivity contribution is 5.45. The predicted molar refractivity (Wildman–Crippen MR) is 76.8 cm³/mol. The Morgan fingerprint density at radius 1 is 0.944 bits per heavy atom. The average Bonchev–Trinajstić information content (AvgIpc) is 2.44. The molecule has 0 radical (unpaired) electrons. The number of hydrogen-bond donors (Lipinski definition) is 0. The largest absolute Gasteiger partial charge is 0.0622 e. The molecule has 0 aliphatic heterocycles. The summed E-state index contributed by atoms with van der Waals surface area (Å²) in [6, 6.07) is 19.9. The quantitative estimate of drug-likeness (QED) is 0.680. The Bertz CT molecular complexity index is 541. The third-order valence-corrected chi connectivity index (χ3v) is 4.78. The summed E-state index contributed by atoms with van der Waals surface area (Å²) in [6.07, 6.45) is 2.50. The lowest BCUT2D eigenvalue weighted by Crippen LogP contribution is -2.36. The van der Waals surface area contributed by atoms with Crippen LogP contribution in [0, 0.1) is 5.92 Å². The summed E-state index contributed by atoms with van der Waals surface area (Å²) >= 11 is 0. The van der Waals surface area contributed by atoms with Crippen molar-refractivity contribution >= 4 is 0 Å². The van der Waals surface area contributed by atoms with Crippen LogP contribution in [0.25, 0.3) is 0 Å². The molecule has 1 aliphatic rings. The van der Waals surface area contributed by atoms with E-state index >= 15 is 0 Å². The molecule has 0 unspecified atom stereocenters. The first-order chi connectivity index (χ1) is 8.73. The van der Waals surface area contributed by atoms with Gasteiger partial charge in [-0.25, -0.2) is 0 Å². The van der Waals surface area contributed by atoms with E-state index in [9.17, 15) is 0 Å². The normalized spacial score (nSPS) is 26.7. The summed E-state index contributed by atoms with van der Waals surface area (Å²) < 4.78 is 0. The zero-order valence-electron chi connectivity index (χ0n) is 11.2. The van der Waals surface area contributed by atoms with Crippen LogP contribution in [0.15, 0.2) is 54.6 Å². The Balaban J connectivity index is 2.21. The predicted octanol–water partition coefficient (Wildman–Crippen LogP) is 4.57. The van der Waals surface area contributed by atoms with Crippen molar-refractivity contribution in [1.82, 2.24) is 0 Å². The van der Waals surface area contributed by atoms with E-state index in [4.69, 9.17) is 0 Å². The molecule has 0 fully saturated rings. The van der Waals surface area contributed by atoms with E-state index in [1.54, 1.807) is 0 Å². The highest BCUT2D eigenvalue weighted by Gasteiger charge is 2.38. The maximum atomic E-state index is 2.41. The highest BCUT2D eigenvalue weighted by Crippen LogP contribution is 2.45. The summed E-state index contributed by atoms with van der Waals surface area (Å²) in [5.41, 5.74) is 4.66. The Morgan fingerprint density at radius 3 is 2.39 bits per heavy atom. The molecule has 0 amide bonds. The van der Waals surface area contributed by atoms with Gasteiger partial charge in [0.25, 0.3) is 0 Å². The molecule has 18 heavy (non-hydrogen) atoms. The Labute approximate surface area is 110 Å². The van der Waals surface area contributed by atoms with Gasteiger partial charge in [0.1, 0.15) is 0 Å². The molecule has 0 saturated carbocycles. The van der Waals surface area contributed by atoms with Gasteiger partial charge in [-0.1, -0.05) is 68.4 Å². The van der Waals surface area contributed by atoms with Crippen LogP contribution in [-0.2, 0) is 11.8 Å². The van der Waals surface area contributed by atoms with Crippen molar-refractivity contribution in [2.75, 3.05) is 0 Å². The van der Waals surface area contributed by atoms with E-state index in [0.29, 0.717) is 5.92 Å². The van der Waals surface area contributed by atoms with Gasteiger partial charge < -0.3 is 0 Å². The highest BCUT2D eigenvalue weighted by atomic mass is 14.4. The van der Waals surface area contributed by atoms with Gasteiger partial charge >= 0.3 is 0 Å². The van der Waals surface area contributed by atoms with Crippen LogP contribution in [0.3, 0.4) is 0 Å². The minimum atomic E-state index is 0.163. The monoisotopic (exact) mass is 236 g/mol. The van der Waals surface area contributed by atoms with Crippen LogP contribution in [-0.4, -0.2) is 0 Å². The van der Waals surface area contributed by atoms with Crippen LogP contribution in [0.5, 0.6) is 0 Å². The molecular weight excluding hydrogens is 216 g/mol. The number of benzene rings is 2. The Kier molecular flexibility index (Phi) is 2.74. The van der Waals surface area contributed by atoms with Crippen LogP contribution >= 0.6 is 0 Å². The van der Waals surface area contributed by atoms with Crippen molar-refractivity contribution in [2.24, 2.45) is 5.92 Å². The zero-order valence-corrected chi connectivity index (χ0v) is 11.2. The number of hydrogen-bond acceptors (Lipinski definition) is 0. The van der Waals surface area contributed by atoms with E-state index < -0.39 is 0 Å². The summed E-state index contributed by atoms with van der Waals surface area (Å²) in [5.74, 6) is 0.690. The molecule has 2 atom stereocenters. The van der Waals surface area contributed by atoms with Crippen LogP contribution < -0.4 is 0 Å². The van der Waals surface area contributed by atoms with Gasteiger partial charge in [-0.3, -0.25) is 0 Å². The van der Waals surface area contributed by atoms with Gasteiger partial charge in [-0.2, -0.15) is 0 Å². The maximum absolute atomic E-state index is 2.41. The van der Waals surface area contributed by atoms with Gasteiger partial charge in [0.2, 0.25) is 0 Å². The molecule has 0 saturated heterocycles. The third kappa shape index (κ3) is 1.59. The van der Waals surface area contributed by atoms with Crippen molar-refractivity contribution in [1.29, 1.82) is 0 Å². The molecule has 0 heterocycles. The molecule has 0 aromatic heterocycles. The average molecular weight is 236 g/mol. The lowest BCUT2D eigenvalue weighted by molar-refractivity contribution is 0.328. The van der Waals surface area contributed by atoms with Crippen LogP contribution in [0.1, 0.15) is 37.0 Å². The number of fused-ring (bicyclic) bond motifs is 1. The molecule has 3 rings (SSSR count). The minimum absolute atomic E-state index is 0.163. The summed E-state index contributed by atoms with van der Waals surface area (Å²) in [6.45, 7) is 4.80. The number of aryl methyl sites for hydroxylation is 1. The number of rotatable bonds is 1. The Hall–Kier alpha value is -1.56. The summed E-state index contributed by atoms with van der Waals surface area (Å²) in [4.78, 5) is 0. The first-order valence-corrected chi connectivity index (χ1v) is 6.87. The first kappa shape index (κ1) is 11.5. The van der Waals surface area contributed by atoms with E-state index in [2.05, 4.69) is 68.4 Å². The Morgan fingerprint density at radius 2 is 1.61 bits per heavy atom. The molecule has 2 aromatic rings. The van der Waals surface area contributed by atoms with Crippen molar-refractivity contribution < 1.29 is 0 Å². The van der Waals surface area contributed by atoms with E-state index in [-0.39, 0.29) is 5.41 Å². The fourth-order valence-corrected chi connectivity index (χ4v) is 3.40. The molecule has 0 bridgehead atoms. The zero-order chi connectivity index (χ0) is 12.6. The van der Waals surface area contributed by atoms with Crippen molar-refractivity contribution in [3.8, 4) is 0 Å². The van der Waals surface area contributed by atoms with Crippen LogP contribution in [0.4, 0.5) is 0 Å². The lowest BCUT2D eigenvalue weighted by atomic mass is 9.62. The summed E-state index contributed by atoms with van der Waals surface area (Å²) in [7, 11) is 0. The third-order valence-electron chi connectivity index (χ3n) is 4.78. The second kappa shape index (κ2) is 4.28. The molecule has 1 aliphatic carbocycles. The molecule has 0 heteroatoms. The van der Waals surface area contributed by atoms with Crippen molar-refractivity contribution in [2.45, 2.75) is 32.1 Å². The van der Waals surface area contributed by atoms with E-state index in [0.717, 1.165) is 0 Å². The molecule has 2 aromatic carbocycles.